The molecule has 8 nitrogen and oxygen atoms in total. The lowest BCUT2D eigenvalue weighted by molar-refractivity contribution is 0.0952. The summed E-state index contributed by atoms with van der Waals surface area (Å²) in [5.74, 6) is 0.645. The van der Waals surface area contributed by atoms with Crippen LogP contribution in [0.25, 0.3) is 0 Å². The molecule has 0 saturated carbocycles. The normalized spacial score (nSPS) is 11.2. The zero-order chi connectivity index (χ0) is 24.3. The number of hydrogen-bond acceptors (Lipinski definition) is 6. The summed E-state index contributed by atoms with van der Waals surface area (Å²) in [6.45, 7) is 3.47. The van der Waals surface area contributed by atoms with Crippen molar-refractivity contribution >= 4 is 23.5 Å². The highest BCUT2D eigenvalue weighted by molar-refractivity contribution is 6.30. The fraction of sp³-hybridized carbons (Fsp3) is 0.280. The smallest absolute Gasteiger partial charge is 0.263 e. The first-order valence-electron chi connectivity index (χ1n) is 10.9. The fourth-order valence-corrected chi connectivity index (χ4v) is 3.49. The summed E-state index contributed by atoms with van der Waals surface area (Å²) in [5, 5.41) is 6.58. The fourth-order valence-electron chi connectivity index (χ4n) is 3.28. The molecule has 3 rings (SSSR count). The molecular weight excluding hydrogens is 454 g/mol. The Labute approximate surface area is 203 Å². The Hall–Kier alpha value is -3.65. The topological polar surface area (TPSA) is 98.1 Å². The average Bonchev–Trinajstić information content (AvgIpc) is 2.83. The number of carbonyl (C=O) groups is 1. The van der Waals surface area contributed by atoms with E-state index in [4.69, 9.17) is 16.3 Å². The molecule has 2 aromatic heterocycles. The van der Waals surface area contributed by atoms with Crippen molar-refractivity contribution in [2.45, 2.75) is 26.3 Å². The van der Waals surface area contributed by atoms with E-state index in [9.17, 15) is 9.59 Å². The summed E-state index contributed by atoms with van der Waals surface area (Å²) >= 11 is 6.02. The van der Waals surface area contributed by atoms with Gasteiger partial charge in [-0.25, -0.2) is 4.98 Å². The monoisotopic (exact) mass is 481 g/mol. The number of hydrogen-bond donors (Lipinski definition) is 2. The third-order valence-electron chi connectivity index (χ3n) is 5.07. The second kappa shape index (κ2) is 12.6. The molecule has 1 amide bonds. The molecule has 2 N–H and O–H groups in total. The summed E-state index contributed by atoms with van der Waals surface area (Å²) < 4.78 is 6.58. The van der Waals surface area contributed by atoms with Crippen LogP contribution < -0.4 is 20.9 Å². The van der Waals surface area contributed by atoms with Gasteiger partial charge in [-0.05, 0) is 49.6 Å². The number of amides is 1. The van der Waals surface area contributed by atoms with Crippen LogP contribution >= 0.6 is 11.6 Å². The van der Waals surface area contributed by atoms with Gasteiger partial charge in [0.15, 0.2) is 0 Å². The summed E-state index contributed by atoms with van der Waals surface area (Å²) in [7, 11) is 1.56. The van der Waals surface area contributed by atoms with Gasteiger partial charge >= 0.3 is 0 Å². The van der Waals surface area contributed by atoms with E-state index in [1.807, 2.05) is 19.1 Å². The van der Waals surface area contributed by atoms with Crippen molar-refractivity contribution in [3.8, 4) is 5.88 Å². The molecule has 0 aliphatic heterocycles. The van der Waals surface area contributed by atoms with Gasteiger partial charge in [0.05, 0.1) is 13.7 Å². The predicted octanol–water partition coefficient (Wildman–Crippen LogP) is 3.92. The molecule has 0 atom stereocenters. The molecule has 9 heteroatoms. The van der Waals surface area contributed by atoms with Crippen LogP contribution in [0.5, 0.6) is 5.88 Å². The minimum Gasteiger partial charge on any atom is -0.481 e. The largest absolute Gasteiger partial charge is 0.481 e. The van der Waals surface area contributed by atoms with Gasteiger partial charge in [-0.1, -0.05) is 35.4 Å². The summed E-state index contributed by atoms with van der Waals surface area (Å²) in [6.07, 6.45) is 6.87. The number of methoxy groups -OCH3 is 1. The van der Waals surface area contributed by atoms with Crippen molar-refractivity contribution in [2.75, 3.05) is 25.5 Å². The molecule has 0 bridgehead atoms. The molecule has 0 radical (unpaired) electrons. The van der Waals surface area contributed by atoms with Gasteiger partial charge in [0, 0.05) is 36.6 Å². The van der Waals surface area contributed by atoms with Gasteiger partial charge in [-0.3, -0.25) is 9.59 Å². The Bertz CT molecular complexity index is 1210. The lowest BCUT2D eigenvalue weighted by Gasteiger charge is -2.09. The molecule has 0 saturated heterocycles. The van der Waals surface area contributed by atoms with Crippen molar-refractivity contribution < 1.29 is 9.53 Å². The van der Waals surface area contributed by atoms with Crippen molar-refractivity contribution in [1.29, 1.82) is 0 Å². The third-order valence-corrected chi connectivity index (χ3v) is 5.31. The lowest BCUT2D eigenvalue weighted by atomic mass is 10.1. The number of nitrogens with one attached hydrogen (secondary N) is 2. The van der Waals surface area contributed by atoms with E-state index in [-0.39, 0.29) is 17.0 Å². The molecule has 3 aromatic rings. The minimum absolute atomic E-state index is 0.119. The number of nitrogens with zero attached hydrogens (tertiary/aromatic N) is 3. The summed E-state index contributed by atoms with van der Waals surface area (Å²) in [5.41, 5.74) is 1.81. The van der Waals surface area contributed by atoms with Crippen molar-refractivity contribution in [3.05, 3.63) is 93.0 Å². The number of rotatable bonds is 11. The molecule has 0 spiro atoms. The van der Waals surface area contributed by atoms with E-state index in [0.717, 1.165) is 17.6 Å². The maximum absolute atomic E-state index is 12.8. The highest BCUT2D eigenvalue weighted by atomic mass is 35.5. The van der Waals surface area contributed by atoms with E-state index >= 15 is 0 Å². The first-order chi connectivity index (χ1) is 16.5. The van der Waals surface area contributed by atoms with E-state index in [1.165, 1.54) is 4.57 Å². The molecule has 34 heavy (non-hydrogen) atoms. The van der Waals surface area contributed by atoms with Gasteiger partial charge < -0.3 is 19.9 Å². The average molecular weight is 482 g/mol. The van der Waals surface area contributed by atoms with Crippen molar-refractivity contribution in [1.82, 2.24) is 19.9 Å². The molecule has 2 heterocycles. The third kappa shape index (κ3) is 7.45. The van der Waals surface area contributed by atoms with Gasteiger partial charge in [-0.2, -0.15) is 4.98 Å². The number of aromatic nitrogens is 3. The molecule has 0 unspecified atom stereocenters. The van der Waals surface area contributed by atoms with Crippen LogP contribution in [0.2, 0.25) is 5.02 Å². The highest BCUT2D eigenvalue weighted by Crippen LogP contribution is 2.11. The number of pyridine rings is 1. The van der Waals surface area contributed by atoms with Crippen LogP contribution in [0, 0.1) is 0 Å². The standard InChI is InChI=1S/C25H28ClN5O3/c1-18(6-4-12-28-25-29-14-11-22(30-25)34-2)10-13-27-23(32)21-9-5-15-31(24(21)33)17-19-7-3-8-20(26)16-19/h3,5-9,11,14-16H,4,10,12-13,17H2,1-2H3,(H,27,32)(H,28,29,30)/b18-6+. The van der Waals surface area contributed by atoms with Crippen LogP contribution in [0.1, 0.15) is 35.7 Å². The van der Waals surface area contributed by atoms with Crippen LogP contribution in [0.3, 0.4) is 0 Å². The van der Waals surface area contributed by atoms with Crippen molar-refractivity contribution in [3.63, 3.8) is 0 Å². The quantitative estimate of drug-likeness (QED) is 0.318. The SMILES string of the molecule is COc1ccnc(NCC/C=C(\C)CCNC(=O)c2cccn(Cc3cccc(Cl)c3)c2=O)n1. The molecule has 178 valence electrons. The van der Waals surface area contributed by atoms with E-state index in [2.05, 4.69) is 26.7 Å². The van der Waals surface area contributed by atoms with E-state index < -0.39 is 0 Å². The first-order valence-corrected chi connectivity index (χ1v) is 11.3. The first kappa shape index (κ1) is 25.0. The van der Waals surface area contributed by atoms with E-state index in [1.54, 1.807) is 49.8 Å². The zero-order valence-electron chi connectivity index (χ0n) is 19.3. The number of carbonyl (C=O) groups excluding carboxylic acids is 1. The minimum atomic E-state index is -0.380. The maximum atomic E-state index is 12.8. The van der Waals surface area contributed by atoms with Crippen LogP contribution in [0.15, 0.2) is 71.3 Å². The second-order valence-electron chi connectivity index (χ2n) is 7.68. The van der Waals surface area contributed by atoms with Gasteiger partial charge in [0.2, 0.25) is 11.8 Å². The van der Waals surface area contributed by atoms with Crippen LogP contribution in [-0.4, -0.2) is 40.6 Å². The van der Waals surface area contributed by atoms with E-state index in [0.29, 0.717) is 42.9 Å². The van der Waals surface area contributed by atoms with Crippen molar-refractivity contribution in [2.24, 2.45) is 0 Å². The summed E-state index contributed by atoms with van der Waals surface area (Å²) in [6, 6.07) is 12.2. The van der Waals surface area contributed by atoms with Crippen LogP contribution in [-0.2, 0) is 6.54 Å². The Morgan fingerprint density at radius 3 is 2.85 bits per heavy atom. The van der Waals surface area contributed by atoms with Gasteiger partial charge in [0.25, 0.3) is 11.5 Å². The molecule has 0 aliphatic carbocycles. The Morgan fingerprint density at radius 1 is 1.21 bits per heavy atom. The molecule has 0 fully saturated rings. The molecule has 1 aromatic carbocycles. The van der Waals surface area contributed by atoms with Crippen LogP contribution in [0.4, 0.5) is 5.95 Å². The Kier molecular flexibility index (Phi) is 9.22. The number of anilines is 1. The predicted molar refractivity (Wildman–Crippen MR) is 134 cm³/mol. The Morgan fingerprint density at radius 2 is 2.06 bits per heavy atom. The number of ether oxygens (including phenoxy) is 1. The highest BCUT2D eigenvalue weighted by Gasteiger charge is 2.12. The van der Waals surface area contributed by atoms with Gasteiger partial charge in [-0.15, -0.1) is 0 Å². The molecular formula is C25H28ClN5O3. The number of benzene rings is 1. The lowest BCUT2D eigenvalue weighted by Crippen LogP contribution is -2.33. The number of halogens is 1. The second-order valence-corrected chi connectivity index (χ2v) is 8.12. The Balaban J connectivity index is 1.46. The summed E-state index contributed by atoms with van der Waals surface area (Å²) in [4.78, 5) is 33.7. The zero-order valence-corrected chi connectivity index (χ0v) is 20.0. The maximum Gasteiger partial charge on any atom is 0.263 e. The molecule has 0 aliphatic rings. The van der Waals surface area contributed by atoms with Gasteiger partial charge in [0.1, 0.15) is 5.56 Å².